The Hall–Kier alpha value is -2.67. The van der Waals surface area contributed by atoms with Gasteiger partial charge in [0.05, 0.1) is 24.9 Å². The molecule has 2 aromatic rings. The Morgan fingerprint density at radius 2 is 2.25 bits per heavy atom. The zero-order valence-corrected chi connectivity index (χ0v) is 22.1. The molecule has 2 aliphatic heterocycles. The summed E-state index contributed by atoms with van der Waals surface area (Å²) in [5.41, 5.74) is 6.92. The van der Waals surface area contributed by atoms with Crippen LogP contribution in [0.4, 0.5) is 4.39 Å². The van der Waals surface area contributed by atoms with Crippen molar-refractivity contribution in [2.45, 2.75) is 31.9 Å². The first-order valence-electron chi connectivity index (χ1n) is 11.6. The van der Waals surface area contributed by atoms with Gasteiger partial charge in [0.15, 0.2) is 10.8 Å². The van der Waals surface area contributed by atoms with E-state index in [4.69, 9.17) is 20.2 Å². The largest absolute Gasteiger partial charge is 0.463 e. The number of esters is 1. The first-order chi connectivity index (χ1) is 17.4. The first kappa shape index (κ1) is 26.4. The first-order valence-corrected chi connectivity index (χ1v) is 13.2. The number of halogens is 2. The molecule has 12 heteroatoms. The predicted molar refractivity (Wildman–Crippen MR) is 137 cm³/mol. The number of hydrogen-bond acceptors (Lipinski definition) is 9. The van der Waals surface area contributed by atoms with Gasteiger partial charge in [-0.3, -0.25) is 14.7 Å². The van der Waals surface area contributed by atoms with Gasteiger partial charge in [0, 0.05) is 47.8 Å². The standard InChI is InChI=1S/C24H27BrFN5O4S/c1-2-34-24(33)20-18(13-31-8-9-35-15(12-31)4-6-19(27)32)29-22(23-28-7-10-36-23)30-21(20)16-5-3-14(26)11-17(16)25/h3,5,7,10-11,15,21H,2,4,6,8-9,12-13H2,1H3,(H2,27,32)(H,29,30). The van der Waals surface area contributed by atoms with Crippen molar-refractivity contribution in [3.63, 3.8) is 0 Å². The fourth-order valence-electron chi connectivity index (χ4n) is 4.19. The SMILES string of the molecule is CCOC(=O)C1=C(CN2CCOC(CCC(N)=O)C2)NC(c2nccs2)=NC1c1ccc(F)cc1Br. The average Bonchev–Trinajstić information content (AvgIpc) is 3.38. The molecule has 4 rings (SSSR count). The molecule has 1 amide bonds. The van der Waals surface area contributed by atoms with Gasteiger partial charge in [-0.15, -0.1) is 11.3 Å². The van der Waals surface area contributed by atoms with Crippen molar-refractivity contribution in [2.24, 2.45) is 10.7 Å². The van der Waals surface area contributed by atoms with Crippen LogP contribution in [0.1, 0.15) is 36.4 Å². The zero-order valence-electron chi connectivity index (χ0n) is 19.7. The Morgan fingerprint density at radius 1 is 1.42 bits per heavy atom. The fourth-order valence-corrected chi connectivity index (χ4v) is 5.35. The van der Waals surface area contributed by atoms with Gasteiger partial charge in [-0.1, -0.05) is 22.0 Å². The summed E-state index contributed by atoms with van der Waals surface area (Å²) >= 11 is 4.86. The highest BCUT2D eigenvalue weighted by atomic mass is 79.9. The van der Waals surface area contributed by atoms with Gasteiger partial charge < -0.3 is 20.5 Å². The molecule has 1 saturated heterocycles. The van der Waals surface area contributed by atoms with E-state index in [9.17, 15) is 14.0 Å². The number of morpholine rings is 1. The molecule has 2 aliphatic rings. The summed E-state index contributed by atoms with van der Waals surface area (Å²) in [6.45, 7) is 4.04. The third-order valence-corrected chi connectivity index (χ3v) is 7.30. The summed E-state index contributed by atoms with van der Waals surface area (Å²) < 4.78 is 25.6. The number of nitrogens with two attached hydrogens (primary N) is 1. The van der Waals surface area contributed by atoms with Crippen molar-refractivity contribution in [2.75, 3.05) is 32.8 Å². The number of nitrogens with zero attached hydrogens (tertiary/aromatic N) is 3. The summed E-state index contributed by atoms with van der Waals surface area (Å²) in [7, 11) is 0. The Kier molecular flexibility index (Phi) is 8.83. The number of nitrogens with one attached hydrogen (secondary N) is 1. The van der Waals surface area contributed by atoms with Crippen molar-refractivity contribution in [3.05, 3.63) is 61.9 Å². The highest BCUT2D eigenvalue weighted by molar-refractivity contribution is 9.10. The molecule has 0 bridgehead atoms. The van der Waals surface area contributed by atoms with Gasteiger partial charge in [-0.2, -0.15) is 0 Å². The summed E-state index contributed by atoms with van der Waals surface area (Å²) in [6.07, 6.45) is 2.31. The van der Waals surface area contributed by atoms with E-state index in [-0.39, 0.29) is 25.0 Å². The predicted octanol–water partition coefficient (Wildman–Crippen LogP) is 2.92. The lowest BCUT2D eigenvalue weighted by molar-refractivity contribution is -0.139. The molecule has 1 fully saturated rings. The van der Waals surface area contributed by atoms with Gasteiger partial charge in [0.2, 0.25) is 5.91 Å². The number of amidine groups is 1. The second-order valence-electron chi connectivity index (χ2n) is 8.35. The van der Waals surface area contributed by atoms with E-state index in [2.05, 4.69) is 31.1 Å². The summed E-state index contributed by atoms with van der Waals surface area (Å²) in [4.78, 5) is 35.8. The number of rotatable bonds is 9. The molecular weight excluding hydrogens is 553 g/mol. The van der Waals surface area contributed by atoms with Crippen LogP contribution in [0.2, 0.25) is 0 Å². The highest BCUT2D eigenvalue weighted by Gasteiger charge is 2.35. The van der Waals surface area contributed by atoms with Crippen molar-refractivity contribution >= 4 is 45.0 Å². The number of primary amides is 1. The molecule has 0 aliphatic carbocycles. The number of aliphatic imine (C=N–C) groups is 1. The molecule has 0 saturated carbocycles. The number of hydrogen-bond donors (Lipinski definition) is 2. The lowest BCUT2D eigenvalue weighted by Crippen LogP contribution is -2.46. The Balaban J connectivity index is 1.71. The number of carbonyl (C=O) groups is 2. The Labute approximate surface area is 220 Å². The minimum absolute atomic E-state index is 0.143. The molecule has 1 aromatic heterocycles. The van der Waals surface area contributed by atoms with Gasteiger partial charge in [0.25, 0.3) is 0 Å². The molecular formula is C24H27BrFN5O4S. The highest BCUT2D eigenvalue weighted by Crippen LogP contribution is 2.37. The Morgan fingerprint density at radius 3 is 2.94 bits per heavy atom. The van der Waals surface area contributed by atoms with E-state index in [0.29, 0.717) is 64.8 Å². The molecule has 0 radical (unpaired) electrons. The maximum absolute atomic E-state index is 13.9. The topological polar surface area (TPSA) is 119 Å². The molecule has 192 valence electrons. The minimum atomic E-state index is -0.735. The summed E-state index contributed by atoms with van der Waals surface area (Å²) in [5.74, 6) is -0.746. The lowest BCUT2D eigenvalue weighted by atomic mass is 9.95. The van der Waals surface area contributed by atoms with Crippen LogP contribution in [-0.4, -0.2) is 66.5 Å². The van der Waals surface area contributed by atoms with E-state index in [1.165, 1.54) is 23.5 Å². The van der Waals surface area contributed by atoms with Crippen molar-refractivity contribution in [1.82, 2.24) is 15.2 Å². The second-order valence-corrected chi connectivity index (χ2v) is 10.1. The van der Waals surface area contributed by atoms with Crippen LogP contribution < -0.4 is 11.1 Å². The number of aromatic nitrogens is 1. The second kappa shape index (κ2) is 12.0. The average molecular weight is 580 g/mol. The van der Waals surface area contributed by atoms with Crippen LogP contribution in [0.3, 0.4) is 0 Å². The normalized spacial score (nSPS) is 20.6. The third-order valence-electron chi connectivity index (χ3n) is 5.83. The van der Waals surface area contributed by atoms with Gasteiger partial charge in [0.1, 0.15) is 11.9 Å². The van der Waals surface area contributed by atoms with Crippen LogP contribution in [0.5, 0.6) is 0 Å². The maximum Gasteiger partial charge on any atom is 0.338 e. The van der Waals surface area contributed by atoms with Gasteiger partial charge >= 0.3 is 5.97 Å². The summed E-state index contributed by atoms with van der Waals surface area (Å²) in [5, 5.41) is 5.83. The number of ether oxygens (including phenoxy) is 2. The molecule has 36 heavy (non-hydrogen) atoms. The molecule has 9 nitrogen and oxygen atoms in total. The van der Waals surface area contributed by atoms with Crippen LogP contribution in [0, 0.1) is 5.82 Å². The van der Waals surface area contributed by atoms with E-state index >= 15 is 0 Å². The van der Waals surface area contributed by atoms with Crippen molar-refractivity contribution < 1.29 is 23.5 Å². The zero-order chi connectivity index (χ0) is 25.7. The van der Waals surface area contributed by atoms with Crippen LogP contribution in [-0.2, 0) is 19.1 Å². The van der Waals surface area contributed by atoms with Crippen molar-refractivity contribution in [1.29, 1.82) is 0 Å². The monoisotopic (exact) mass is 579 g/mol. The molecule has 1 aromatic carbocycles. The van der Waals surface area contributed by atoms with Gasteiger partial charge in [-0.05, 0) is 31.0 Å². The number of amides is 1. The quantitative estimate of drug-likeness (QED) is 0.438. The molecule has 3 N–H and O–H groups in total. The van der Waals surface area contributed by atoms with Crippen molar-refractivity contribution in [3.8, 4) is 0 Å². The molecule has 2 unspecified atom stereocenters. The smallest absolute Gasteiger partial charge is 0.338 e. The minimum Gasteiger partial charge on any atom is -0.463 e. The van der Waals surface area contributed by atoms with E-state index < -0.39 is 17.8 Å². The van der Waals surface area contributed by atoms with Crippen LogP contribution >= 0.6 is 27.3 Å². The van der Waals surface area contributed by atoms with E-state index in [0.717, 1.165) is 0 Å². The Bertz CT molecular complexity index is 1170. The van der Waals surface area contributed by atoms with E-state index in [1.807, 2.05) is 5.38 Å². The number of carbonyl (C=O) groups excluding carboxylic acids is 2. The van der Waals surface area contributed by atoms with E-state index in [1.54, 1.807) is 19.2 Å². The number of thiazole rings is 1. The maximum atomic E-state index is 13.9. The molecule has 0 spiro atoms. The van der Waals surface area contributed by atoms with Crippen LogP contribution in [0.15, 0.2) is 50.5 Å². The summed E-state index contributed by atoms with van der Waals surface area (Å²) in [6, 6.07) is 3.57. The van der Waals surface area contributed by atoms with Crippen LogP contribution in [0.25, 0.3) is 0 Å². The molecule has 3 heterocycles. The molecule has 2 atom stereocenters. The third kappa shape index (κ3) is 6.36. The van der Waals surface area contributed by atoms with Gasteiger partial charge in [-0.25, -0.2) is 14.2 Å². The number of benzene rings is 1. The fraction of sp³-hybridized carbons (Fsp3) is 0.417. The lowest BCUT2D eigenvalue weighted by Gasteiger charge is -2.35.